The smallest absolute Gasteiger partial charge is 0.319 e. The van der Waals surface area contributed by atoms with Gasteiger partial charge in [-0.05, 0) is 66.8 Å². The first-order valence-electron chi connectivity index (χ1n) is 9.96. The predicted octanol–water partition coefficient (Wildman–Crippen LogP) is 3.14. The number of nitrogens with zero attached hydrogens (tertiary/aromatic N) is 1. The lowest BCUT2D eigenvalue weighted by Crippen LogP contribution is -2.42. The number of fused-ring (bicyclic) bond motifs is 3. The van der Waals surface area contributed by atoms with E-state index in [1.807, 2.05) is 42.5 Å². The molecule has 3 aliphatic rings. The van der Waals surface area contributed by atoms with Crippen molar-refractivity contribution in [3.8, 4) is 0 Å². The van der Waals surface area contributed by atoms with Crippen LogP contribution in [0.5, 0.6) is 0 Å². The van der Waals surface area contributed by atoms with E-state index >= 15 is 0 Å². The molecule has 0 bridgehead atoms. The van der Waals surface area contributed by atoms with Crippen molar-refractivity contribution in [3.05, 3.63) is 70.3 Å². The van der Waals surface area contributed by atoms with Crippen molar-refractivity contribution in [2.45, 2.75) is 44.1 Å². The molecule has 1 spiro atoms. The van der Waals surface area contributed by atoms with Crippen LogP contribution in [-0.2, 0) is 29.6 Å². The molecule has 1 aliphatic heterocycles. The summed E-state index contributed by atoms with van der Waals surface area (Å²) < 4.78 is 0. The second-order valence-electron chi connectivity index (χ2n) is 8.00. The minimum atomic E-state index is -1.01. The fourth-order valence-electron chi connectivity index (χ4n) is 4.87. The first-order chi connectivity index (χ1) is 13.6. The highest BCUT2D eigenvalue weighted by molar-refractivity contribution is 6.11. The number of urea groups is 1. The van der Waals surface area contributed by atoms with Crippen LogP contribution in [-0.4, -0.2) is 29.2 Å². The SMILES string of the molecule is O=C(CN1C(=O)N[C@]2(CCc3ccccc32)C1=O)c1ccc2c(c1)CCCC2. The van der Waals surface area contributed by atoms with Gasteiger partial charge in [-0.25, -0.2) is 4.79 Å². The van der Waals surface area contributed by atoms with Crippen LogP contribution in [0.4, 0.5) is 4.79 Å². The topological polar surface area (TPSA) is 66.5 Å². The fourth-order valence-corrected chi connectivity index (χ4v) is 4.87. The van der Waals surface area contributed by atoms with Crippen LogP contribution in [0.3, 0.4) is 0 Å². The second-order valence-corrected chi connectivity index (χ2v) is 8.00. The molecule has 28 heavy (non-hydrogen) atoms. The van der Waals surface area contributed by atoms with Gasteiger partial charge >= 0.3 is 6.03 Å². The minimum Gasteiger partial charge on any atom is -0.319 e. The van der Waals surface area contributed by atoms with Gasteiger partial charge < -0.3 is 5.32 Å². The van der Waals surface area contributed by atoms with Crippen molar-refractivity contribution in [3.63, 3.8) is 0 Å². The van der Waals surface area contributed by atoms with Gasteiger partial charge in [-0.15, -0.1) is 0 Å². The van der Waals surface area contributed by atoms with Crippen molar-refractivity contribution >= 4 is 17.7 Å². The van der Waals surface area contributed by atoms with E-state index in [1.54, 1.807) is 0 Å². The third kappa shape index (κ3) is 2.49. The van der Waals surface area contributed by atoms with Crippen molar-refractivity contribution in [2.24, 2.45) is 0 Å². The zero-order chi connectivity index (χ0) is 19.3. The molecule has 0 unspecified atom stereocenters. The quantitative estimate of drug-likeness (QED) is 0.663. The normalized spacial score (nSPS) is 22.9. The fraction of sp³-hybridized carbons (Fsp3) is 0.348. The average molecular weight is 374 g/mol. The van der Waals surface area contributed by atoms with Crippen LogP contribution < -0.4 is 5.32 Å². The highest BCUT2D eigenvalue weighted by atomic mass is 16.2. The third-order valence-electron chi connectivity index (χ3n) is 6.39. The maximum atomic E-state index is 13.2. The van der Waals surface area contributed by atoms with Crippen molar-refractivity contribution < 1.29 is 14.4 Å². The average Bonchev–Trinajstić information content (AvgIpc) is 3.21. The number of hydrogen-bond acceptors (Lipinski definition) is 3. The van der Waals surface area contributed by atoms with Gasteiger partial charge in [0.1, 0.15) is 5.54 Å². The Balaban J connectivity index is 1.40. The highest BCUT2D eigenvalue weighted by Crippen LogP contribution is 2.41. The zero-order valence-corrected chi connectivity index (χ0v) is 15.7. The number of carbonyl (C=O) groups excluding carboxylic acids is 3. The molecule has 1 heterocycles. The van der Waals surface area contributed by atoms with E-state index in [0.717, 1.165) is 41.7 Å². The Morgan fingerprint density at radius 3 is 2.61 bits per heavy atom. The lowest BCUT2D eigenvalue weighted by atomic mass is 9.89. The Hall–Kier alpha value is -2.95. The molecule has 0 aromatic heterocycles. The van der Waals surface area contributed by atoms with Gasteiger partial charge in [-0.1, -0.05) is 36.4 Å². The predicted molar refractivity (Wildman–Crippen MR) is 104 cm³/mol. The maximum Gasteiger partial charge on any atom is 0.325 e. The standard InChI is InChI=1S/C23H22N2O3/c26-20(18-10-9-15-5-1-2-7-17(15)13-18)14-25-21(27)23(24-22(25)28)12-11-16-6-3-4-8-19(16)23/h3-4,6,8-10,13H,1-2,5,7,11-12,14H2,(H,24,28)/t23-/m0/s1. The van der Waals surface area contributed by atoms with Gasteiger partial charge in [0, 0.05) is 5.56 Å². The molecule has 5 rings (SSSR count). The van der Waals surface area contributed by atoms with E-state index < -0.39 is 11.6 Å². The molecule has 1 atom stereocenters. The number of imide groups is 1. The summed E-state index contributed by atoms with van der Waals surface area (Å²) in [6.07, 6.45) is 5.65. The van der Waals surface area contributed by atoms with Gasteiger partial charge in [0.2, 0.25) is 0 Å². The summed E-state index contributed by atoms with van der Waals surface area (Å²) in [5.74, 6) is -0.506. The Labute approximate surface area is 163 Å². The van der Waals surface area contributed by atoms with Crippen LogP contribution in [0.25, 0.3) is 0 Å². The van der Waals surface area contributed by atoms with Crippen LogP contribution in [0.15, 0.2) is 42.5 Å². The van der Waals surface area contributed by atoms with Crippen LogP contribution in [0, 0.1) is 0 Å². The second kappa shape index (κ2) is 6.30. The van der Waals surface area contributed by atoms with E-state index in [4.69, 9.17) is 0 Å². The van der Waals surface area contributed by atoms with Crippen LogP contribution >= 0.6 is 0 Å². The zero-order valence-electron chi connectivity index (χ0n) is 15.7. The summed E-state index contributed by atoms with van der Waals surface area (Å²) in [5.41, 5.74) is 4.03. The summed E-state index contributed by atoms with van der Waals surface area (Å²) in [5, 5.41) is 2.88. The largest absolute Gasteiger partial charge is 0.325 e. The number of benzene rings is 2. The van der Waals surface area contributed by atoms with Gasteiger partial charge in [0.05, 0.1) is 6.54 Å². The summed E-state index contributed by atoms with van der Waals surface area (Å²) in [6.45, 7) is -0.215. The maximum absolute atomic E-state index is 13.2. The molecule has 2 aromatic carbocycles. The van der Waals surface area contributed by atoms with E-state index in [0.29, 0.717) is 12.0 Å². The Morgan fingerprint density at radius 2 is 1.75 bits per heavy atom. The molecule has 0 radical (unpaired) electrons. The first-order valence-corrected chi connectivity index (χ1v) is 9.96. The van der Waals surface area contributed by atoms with Gasteiger partial charge in [-0.3, -0.25) is 14.5 Å². The number of Topliss-reactive ketones (excluding diaryl/α,β-unsaturated/α-hetero) is 1. The summed E-state index contributed by atoms with van der Waals surface area (Å²) in [6, 6.07) is 13.0. The number of aryl methyl sites for hydroxylation is 3. The van der Waals surface area contributed by atoms with Crippen molar-refractivity contribution in [1.29, 1.82) is 0 Å². The number of nitrogens with one attached hydrogen (secondary N) is 1. The van der Waals surface area contributed by atoms with E-state index in [1.165, 1.54) is 17.5 Å². The minimum absolute atomic E-state index is 0.194. The monoisotopic (exact) mass is 374 g/mol. The van der Waals surface area contributed by atoms with E-state index in [2.05, 4.69) is 5.32 Å². The summed E-state index contributed by atoms with van der Waals surface area (Å²) in [7, 11) is 0. The number of carbonyl (C=O) groups is 3. The summed E-state index contributed by atoms with van der Waals surface area (Å²) >= 11 is 0. The molecule has 142 valence electrons. The Kier molecular flexibility index (Phi) is 3.86. The highest BCUT2D eigenvalue weighted by Gasteiger charge is 2.55. The van der Waals surface area contributed by atoms with Gasteiger partial charge in [-0.2, -0.15) is 0 Å². The molecule has 1 N–H and O–H groups in total. The number of rotatable bonds is 3. The van der Waals surface area contributed by atoms with Crippen LogP contribution in [0.1, 0.15) is 51.9 Å². The molecule has 3 amide bonds. The molecule has 1 saturated heterocycles. The molecule has 2 aromatic rings. The van der Waals surface area contributed by atoms with Crippen molar-refractivity contribution in [2.75, 3.05) is 6.54 Å². The first kappa shape index (κ1) is 17.2. The molecule has 2 aliphatic carbocycles. The number of amides is 3. The molecular weight excluding hydrogens is 352 g/mol. The molecule has 1 fully saturated rings. The number of hydrogen-bond donors (Lipinski definition) is 1. The van der Waals surface area contributed by atoms with E-state index in [9.17, 15) is 14.4 Å². The molecule has 5 nitrogen and oxygen atoms in total. The lowest BCUT2D eigenvalue weighted by Gasteiger charge is -2.22. The summed E-state index contributed by atoms with van der Waals surface area (Å²) in [4.78, 5) is 39.7. The molecular formula is C23H22N2O3. The van der Waals surface area contributed by atoms with Crippen molar-refractivity contribution in [1.82, 2.24) is 10.2 Å². The van der Waals surface area contributed by atoms with Gasteiger partial charge in [0.25, 0.3) is 5.91 Å². The number of ketones is 1. The molecule has 5 heteroatoms. The Morgan fingerprint density at radius 1 is 0.964 bits per heavy atom. The van der Waals surface area contributed by atoms with Gasteiger partial charge in [0.15, 0.2) is 5.78 Å². The molecule has 0 saturated carbocycles. The van der Waals surface area contributed by atoms with Crippen LogP contribution in [0.2, 0.25) is 0 Å². The lowest BCUT2D eigenvalue weighted by molar-refractivity contribution is -0.131. The Bertz CT molecular complexity index is 1010. The third-order valence-corrected chi connectivity index (χ3v) is 6.39. The van der Waals surface area contributed by atoms with E-state index in [-0.39, 0.29) is 18.2 Å².